The van der Waals surface area contributed by atoms with E-state index in [9.17, 15) is 9.50 Å². The monoisotopic (exact) mass is 194 g/mol. The molecule has 0 amide bonds. The van der Waals surface area contributed by atoms with Crippen molar-refractivity contribution in [1.29, 1.82) is 0 Å². The lowest BCUT2D eigenvalue weighted by molar-refractivity contribution is 0.151. The second-order valence-electron chi connectivity index (χ2n) is 4.18. The summed E-state index contributed by atoms with van der Waals surface area (Å²) in [6.45, 7) is 1.95. The summed E-state index contributed by atoms with van der Waals surface area (Å²) in [5.74, 6) is 0.242. The quantitative estimate of drug-likeness (QED) is 0.783. The van der Waals surface area contributed by atoms with Gasteiger partial charge in [-0.1, -0.05) is 6.07 Å². The van der Waals surface area contributed by atoms with Crippen LogP contribution in [0.1, 0.15) is 24.0 Å². The molecule has 0 radical (unpaired) electrons. The van der Waals surface area contributed by atoms with Gasteiger partial charge in [-0.25, -0.2) is 4.39 Å². The number of aliphatic hydroxyl groups excluding tert-OH is 1. The first kappa shape index (κ1) is 9.66. The Bertz CT molecular complexity index is 331. The average molecular weight is 194 g/mol. The van der Waals surface area contributed by atoms with Gasteiger partial charge in [0.2, 0.25) is 0 Å². The van der Waals surface area contributed by atoms with Crippen molar-refractivity contribution in [2.45, 2.75) is 32.3 Å². The zero-order chi connectivity index (χ0) is 10.1. The number of rotatable bonds is 3. The Morgan fingerprint density at radius 1 is 1.50 bits per heavy atom. The van der Waals surface area contributed by atoms with E-state index in [2.05, 4.69) is 0 Å². The molecule has 2 rings (SSSR count). The van der Waals surface area contributed by atoms with Gasteiger partial charge in [0, 0.05) is 0 Å². The molecular formula is C12H15FO. The van der Waals surface area contributed by atoms with Crippen LogP contribution >= 0.6 is 0 Å². The molecule has 0 aliphatic heterocycles. The third kappa shape index (κ3) is 2.13. The van der Waals surface area contributed by atoms with Crippen LogP contribution in [0, 0.1) is 18.7 Å². The summed E-state index contributed by atoms with van der Waals surface area (Å²) in [4.78, 5) is 0. The van der Waals surface area contributed by atoms with Gasteiger partial charge >= 0.3 is 0 Å². The van der Waals surface area contributed by atoms with Crippen molar-refractivity contribution >= 4 is 0 Å². The number of aryl methyl sites for hydroxylation is 1. The Kier molecular flexibility index (Phi) is 2.55. The lowest BCUT2D eigenvalue weighted by Crippen LogP contribution is -2.13. The molecule has 1 saturated carbocycles. The van der Waals surface area contributed by atoms with Crippen molar-refractivity contribution in [2.24, 2.45) is 5.92 Å². The number of aliphatic hydroxyl groups is 1. The summed E-state index contributed by atoms with van der Waals surface area (Å²) in [6, 6.07) is 4.76. The largest absolute Gasteiger partial charge is 0.392 e. The summed E-state index contributed by atoms with van der Waals surface area (Å²) in [5, 5.41) is 9.74. The van der Waals surface area contributed by atoms with Gasteiger partial charge in [0.25, 0.3) is 0 Å². The zero-order valence-corrected chi connectivity index (χ0v) is 8.33. The Balaban J connectivity index is 2.10. The maximum atomic E-state index is 12.9. The van der Waals surface area contributed by atoms with Gasteiger partial charge in [-0.3, -0.25) is 0 Å². The highest BCUT2D eigenvalue weighted by molar-refractivity contribution is 5.27. The van der Waals surface area contributed by atoms with Crippen LogP contribution in [0.15, 0.2) is 18.2 Å². The lowest BCUT2D eigenvalue weighted by Gasteiger charge is -2.11. The molecule has 1 aromatic rings. The Labute approximate surface area is 83.6 Å². The molecule has 1 nitrogen and oxygen atoms in total. The van der Waals surface area contributed by atoms with Crippen molar-refractivity contribution in [3.8, 4) is 0 Å². The number of benzene rings is 1. The standard InChI is InChI=1S/C12H15FO/c1-8-2-5-11(13)6-10(8)7-12(14)9-3-4-9/h2,5-6,9,12,14H,3-4,7H2,1H3. The molecule has 0 heterocycles. The second-order valence-corrected chi connectivity index (χ2v) is 4.18. The molecule has 1 N–H and O–H groups in total. The van der Waals surface area contributed by atoms with E-state index in [0.29, 0.717) is 12.3 Å². The zero-order valence-electron chi connectivity index (χ0n) is 8.33. The van der Waals surface area contributed by atoms with E-state index < -0.39 is 0 Å². The van der Waals surface area contributed by atoms with Gasteiger partial charge in [-0.2, -0.15) is 0 Å². The predicted molar refractivity (Wildman–Crippen MR) is 53.6 cm³/mol. The first-order chi connectivity index (χ1) is 6.66. The van der Waals surface area contributed by atoms with Crippen molar-refractivity contribution in [2.75, 3.05) is 0 Å². The van der Waals surface area contributed by atoms with Gasteiger partial charge in [0.05, 0.1) is 6.10 Å². The molecule has 0 aromatic heterocycles. The summed E-state index contributed by atoms with van der Waals surface area (Å²) >= 11 is 0. The van der Waals surface area contributed by atoms with E-state index in [1.165, 1.54) is 12.1 Å². The van der Waals surface area contributed by atoms with Gasteiger partial charge < -0.3 is 5.11 Å². The van der Waals surface area contributed by atoms with E-state index in [-0.39, 0.29) is 11.9 Å². The topological polar surface area (TPSA) is 20.2 Å². The predicted octanol–water partition coefficient (Wildman–Crippen LogP) is 2.45. The Morgan fingerprint density at radius 3 is 2.86 bits per heavy atom. The molecule has 76 valence electrons. The molecule has 1 aliphatic rings. The summed E-state index contributed by atoms with van der Waals surface area (Å²) < 4.78 is 12.9. The fourth-order valence-corrected chi connectivity index (χ4v) is 1.73. The van der Waals surface area contributed by atoms with Crippen LogP contribution in [0.25, 0.3) is 0 Å². The van der Waals surface area contributed by atoms with Crippen LogP contribution in [0.2, 0.25) is 0 Å². The average Bonchev–Trinajstić information content (AvgIpc) is 2.94. The molecule has 0 spiro atoms. The Morgan fingerprint density at radius 2 is 2.21 bits per heavy atom. The lowest BCUT2D eigenvalue weighted by atomic mass is 10.0. The fraction of sp³-hybridized carbons (Fsp3) is 0.500. The minimum absolute atomic E-state index is 0.214. The summed E-state index contributed by atoms with van der Waals surface area (Å²) in [6.07, 6.45) is 2.55. The highest BCUT2D eigenvalue weighted by Crippen LogP contribution is 2.34. The van der Waals surface area contributed by atoms with Gasteiger partial charge in [-0.15, -0.1) is 0 Å². The third-order valence-electron chi connectivity index (χ3n) is 2.91. The molecule has 0 saturated heterocycles. The van der Waals surface area contributed by atoms with Crippen molar-refractivity contribution in [3.05, 3.63) is 35.1 Å². The molecule has 1 aliphatic carbocycles. The first-order valence-corrected chi connectivity index (χ1v) is 5.10. The smallest absolute Gasteiger partial charge is 0.123 e. The van der Waals surface area contributed by atoms with Crippen LogP contribution in [0.3, 0.4) is 0 Å². The van der Waals surface area contributed by atoms with Crippen molar-refractivity contribution in [3.63, 3.8) is 0 Å². The van der Waals surface area contributed by atoms with Gasteiger partial charge in [-0.05, 0) is 55.4 Å². The maximum absolute atomic E-state index is 12.9. The molecule has 1 unspecified atom stereocenters. The van der Waals surface area contributed by atoms with Gasteiger partial charge in [0.15, 0.2) is 0 Å². The van der Waals surface area contributed by atoms with Crippen molar-refractivity contribution in [1.82, 2.24) is 0 Å². The first-order valence-electron chi connectivity index (χ1n) is 5.10. The van der Waals surface area contributed by atoms with E-state index in [4.69, 9.17) is 0 Å². The van der Waals surface area contributed by atoms with E-state index in [1.807, 2.05) is 6.92 Å². The number of hydrogen-bond acceptors (Lipinski definition) is 1. The van der Waals surface area contributed by atoms with Crippen molar-refractivity contribution < 1.29 is 9.50 Å². The van der Waals surface area contributed by atoms with Crippen LogP contribution in [-0.4, -0.2) is 11.2 Å². The highest BCUT2D eigenvalue weighted by atomic mass is 19.1. The summed E-state index contributed by atoms with van der Waals surface area (Å²) in [5.41, 5.74) is 2.00. The molecule has 2 heteroatoms. The summed E-state index contributed by atoms with van der Waals surface area (Å²) in [7, 11) is 0. The minimum atomic E-state index is -0.282. The van der Waals surface area contributed by atoms with E-state index in [0.717, 1.165) is 24.0 Å². The Hall–Kier alpha value is -0.890. The van der Waals surface area contributed by atoms with Crippen LogP contribution < -0.4 is 0 Å². The molecular weight excluding hydrogens is 179 g/mol. The molecule has 1 atom stereocenters. The number of halogens is 1. The van der Waals surface area contributed by atoms with Crippen LogP contribution in [0.4, 0.5) is 4.39 Å². The number of hydrogen-bond donors (Lipinski definition) is 1. The highest BCUT2D eigenvalue weighted by Gasteiger charge is 2.29. The third-order valence-corrected chi connectivity index (χ3v) is 2.91. The molecule has 1 fully saturated rings. The van der Waals surface area contributed by atoms with E-state index >= 15 is 0 Å². The van der Waals surface area contributed by atoms with Crippen LogP contribution in [0.5, 0.6) is 0 Å². The molecule has 14 heavy (non-hydrogen) atoms. The van der Waals surface area contributed by atoms with Crippen LogP contribution in [-0.2, 0) is 6.42 Å². The molecule has 1 aromatic carbocycles. The maximum Gasteiger partial charge on any atom is 0.123 e. The SMILES string of the molecule is Cc1ccc(F)cc1CC(O)C1CC1. The molecule has 0 bridgehead atoms. The second kappa shape index (κ2) is 3.70. The fourth-order valence-electron chi connectivity index (χ4n) is 1.73. The minimum Gasteiger partial charge on any atom is -0.392 e. The van der Waals surface area contributed by atoms with E-state index in [1.54, 1.807) is 6.07 Å². The normalized spacial score (nSPS) is 18.2. The van der Waals surface area contributed by atoms with Gasteiger partial charge in [0.1, 0.15) is 5.82 Å².